The molecule has 0 aromatic heterocycles. The maximum Gasteiger partial charge on any atom is 0.254 e. The SMILES string of the molecule is Cc1c(CN2CCNCC2)cccc1C(=O)N1CCCC1. The molecule has 1 N–H and O–H groups in total. The van der Waals surface area contributed by atoms with Gasteiger partial charge in [-0.05, 0) is 37.0 Å². The van der Waals surface area contributed by atoms with Gasteiger partial charge in [0, 0.05) is 51.4 Å². The van der Waals surface area contributed by atoms with Gasteiger partial charge in [-0.3, -0.25) is 9.69 Å². The molecule has 4 nitrogen and oxygen atoms in total. The number of hydrogen-bond acceptors (Lipinski definition) is 3. The van der Waals surface area contributed by atoms with Gasteiger partial charge in [-0.25, -0.2) is 0 Å². The van der Waals surface area contributed by atoms with Gasteiger partial charge in [0.1, 0.15) is 0 Å². The van der Waals surface area contributed by atoms with Crippen LogP contribution in [0.3, 0.4) is 0 Å². The van der Waals surface area contributed by atoms with E-state index in [4.69, 9.17) is 0 Å². The minimum atomic E-state index is 0.215. The molecule has 1 aromatic rings. The highest BCUT2D eigenvalue weighted by molar-refractivity contribution is 5.96. The van der Waals surface area contributed by atoms with E-state index < -0.39 is 0 Å². The first kappa shape index (κ1) is 14.5. The Morgan fingerprint density at radius 1 is 1.14 bits per heavy atom. The van der Waals surface area contributed by atoms with E-state index in [1.54, 1.807) is 0 Å². The molecule has 2 aliphatic rings. The van der Waals surface area contributed by atoms with Crippen LogP contribution < -0.4 is 5.32 Å². The van der Waals surface area contributed by atoms with E-state index in [0.717, 1.165) is 69.8 Å². The third-order valence-electron chi connectivity index (χ3n) is 4.67. The molecular formula is C17H25N3O. The Balaban J connectivity index is 1.76. The summed E-state index contributed by atoms with van der Waals surface area (Å²) < 4.78 is 0. The summed E-state index contributed by atoms with van der Waals surface area (Å²) in [6.07, 6.45) is 2.29. The second kappa shape index (κ2) is 6.58. The number of likely N-dealkylation sites (tertiary alicyclic amines) is 1. The third kappa shape index (κ3) is 3.27. The molecule has 114 valence electrons. The molecule has 0 bridgehead atoms. The van der Waals surface area contributed by atoms with Crippen molar-refractivity contribution in [1.29, 1.82) is 0 Å². The van der Waals surface area contributed by atoms with E-state index in [1.165, 1.54) is 5.56 Å². The third-order valence-corrected chi connectivity index (χ3v) is 4.67. The van der Waals surface area contributed by atoms with Crippen molar-refractivity contribution in [2.45, 2.75) is 26.3 Å². The van der Waals surface area contributed by atoms with Crippen molar-refractivity contribution >= 4 is 5.91 Å². The molecular weight excluding hydrogens is 262 g/mol. The maximum absolute atomic E-state index is 12.6. The number of carbonyl (C=O) groups is 1. The van der Waals surface area contributed by atoms with Gasteiger partial charge in [0.2, 0.25) is 0 Å². The maximum atomic E-state index is 12.6. The molecule has 1 amide bonds. The zero-order valence-electron chi connectivity index (χ0n) is 12.9. The van der Waals surface area contributed by atoms with Crippen LogP contribution in [0, 0.1) is 6.92 Å². The molecule has 0 atom stereocenters. The molecule has 0 radical (unpaired) electrons. The second-order valence-electron chi connectivity index (χ2n) is 6.12. The Labute approximate surface area is 127 Å². The summed E-state index contributed by atoms with van der Waals surface area (Å²) in [7, 11) is 0. The molecule has 0 unspecified atom stereocenters. The Bertz CT molecular complexity index is 503. The lowest BCUT2D eigenvalue weighted by molar-refractivity contribution is 0.0792. The van der Waals surface area contributed by atoms with E-state index >= 15 is 0 Å². The summed E-state index contributed by atoms with van der Waals surface area (Å²) in [6.45, 7) is 9.18. The van der Waals surface area contributed by atoms with Crippen molar-refractivity contribution in [2.75, 3.05) is 39.3 Å². The first-order valence-electron chi connectivity index (χ1n) is 8.06. The van der Waals surface area contributed by atoms with Crippen LogP contribution in [0.1, 0.15) is 34.3 Å². The number of benzene rings is 1. The Morgan fingerprint density at radius 2 is 1.86 bits per heavy atom. The first-order chi connectivity index (χ1) is 10.3. The Morgan fingerprint density at radius 3 is 2.57 bits per heavy atom. The topological polar surface area (TPSA) is 35.6 Å². The Kier molecular flexibility index (Phi) is 4.56. The molecule has 1 aromatic carbocycles. The summed E-state index contributed by atoms with van der Waals surface area (Å²) in [5, 5.41) is 3.38. The standard InChI is InChI=1S/C17H25N3O/c1-14-15(13-19-11-7-18-8-12-19)5-4-6-16(14)17(21)20-9-2-3-10-20/h4-6,18H,2-3,7-13H2,1H3. The zero-order chi connectivity index (χ0) is 14.7. The van der Waals surface area contributed by atoms with Crippen LogP contribution in [0.15, 0.2) is 18.2 Å². The lowest BCUT2D eigenvalue weighted by Crippen LogP contribution is -2.43. The van der Waals surface area contributed by atoms with Gasteiger partial charge in [0.15, 0.2) is 0 Å². The van der Waals surface area contributed by atoms with Crippen molar-refractivity contribution in [1.82, 2.24) is 15.1 Å². The van der Waals surface area contributed by atoms with Gasteiger partial charge in [-0.1, -0.05) is 12.1 Å². The number of nitrogens with one attached hydrogen (secondary N) is 1. The average molecular weight is 287 g/mol. The van der Waals surface area contributed by atoms with Crippen molar-refractivity contribution in [3.05, 3.63) is 34.9 Å². The molecule has 2 heterocycles. The van der Waals surface area contributed by atoms with Crippen LogP contribution in [0.2, 0.25) is 0 Å². The summed E-state index contributed by atoms with van der Waals surface area (Å²) in [4.78, 5) is 17.1. The highest BCUT2D eigenvalue weighted by atomic mass is 16.2. The van der Waals surface area contributed by atoms with Gasteiger partial charge in [0.05, 0.1) is 0 Å². The number of piperazine rings is 1. The lowest BCUT2D eigenvalue weighted by atomic mass is 10.0. The molecule has 0 saturated carbocycles. The van der Waals surface area contributed by atoms with E-state index in [9.17, 15) is 4.79 Å². The van der Waals surface area contributed by atoms with Crippen LogP contribution in [0.5, 0.6) is 0 Å². The molecule has 2 saturated heterocycles. The minimum absolute atomic E-state index is 0.215. The predicted molar refractivity (Wildman–Crippen MR) is 84.5 cm³/mol. The van der Waals surface area contributed by atoms with E-state index in [0.29, 0.717) is 0 Å². The number of amides is 1. The van der Waals surface area contributed by atoms with Crippen molar-refractivity contribution in [3.8, 4) is 0 Å². The fraction of sp³-hybridized carbons (Fsp3) is 0.588. The molecule has 3 rings (SSSR count). The van der Waals surface area contributed by atoms with Crippen molar-refractivity contribution in [3.63, 3.8) is 0 Å². The normalized spacial score (nSPS) is 20.0. The van der Waals surface area contributed by atoms with Gasteiger partial charge >= 0.3 is 0 Å². The molecule has 0 aliphatic carbocycles. The van der Waals surface area contributed by atoms with E-state index in [-0.39, 0.29) is 5.91 Å². The number of nitrogens with zero attached hydrogens (tertiary/aromatic N) is 2. The Hall–Kier alpha value is -1.39. The van der Waals surface area contributed by atoms with Crippen molar-refractivity contribution < 1.29 is 4.79 Å². The number of hydrogen-bond donors (Lipinski definition) is 1. The largest absolute Gasteiger partial charge is 0.339 e. The lowest BCUT2D eigenvalue weighted by Gasteiger charge is -2.28. The highest BCUT2D eigenvalue weighted by Crippen LogP contribution is 2.20. The number of rotatable bonds is 3. The second-order valence-corrected chi connectivity index (χ2v) is 6.12. The van der Waals surface area contributed by atoms with Gasteiger partial charge < -0.3 is 10.2 Å². The first-order valence-corrected chi connectivity index (χ1v) is 8.06. The van der Waals surface area contributed by atoms with Crippen LogP contribution in [0.25, 0.3) is 0 Å². The van der Waals surface area contributed by atoms with Gasteiger partial charge in [0.25, 0.3) is 5.91 Å². The average Bonchev–Trinajstić information content (AvgIpc) is 3.04. The summed E-state index contributed by atoms with van der Waals surface area (Å²) >= 11 is 0. The summed E-state index contributed by atoms with van der Waals surface area (Å²) in [6, 6.07) is 6.18. The molecule has 21 heavy (non-hydrogen) atoms. The smallest absolute Gasteiger partial charge is 0.254 e. The summed E-state index contributed by atoms with van der Waals surface area (Å²) in [5.41, 5.74) is 3.35. The van der Waals surface area contributed by atoms with Crippen molar-refractivity contribution in [2.24, 2.45) is 0 Å². The molecule has 0 spiro atoms. The van der Waals surface area contributed by atoms with Crippen LogP contribution in [-0.4, -0.2) is 55.0 Å². The fourth-order valence-corrected chi connectivity index (χ4v) is 3.29. The van der Waals surface area contributed by atoms with E-state index in [2.05, 4.69) is 23.2 Å². The minimum Gasteiger partial charge on any atom is -0.339 e. The van der Waals surface area contributed by atoms with E-state index in [1.807, 2.05) is 17.0 Å². The summed E-state index contributed by atoms with van der Waals surface area (Å²) in [5.74, 6) is 0.215. The molecule has 2 aliphatic heterocycles. The zero-order valence-corrected chi connectivity index (χ0v) is 12.9. The predicted octanol–water partition coefficient (Wildman–Crippen LogP) is 1.64. The molecule has 2 fully saturated rings. The molecule has 4 heteroatoms. The highest BCUT2D eigenvalue weighted by Gasteiger charge is 2.22. The van der Waals surface area contributed by atoms with Crippen LogP contribution in [-0.2, 0) is 6.54 Å². The quantitative estimate of drug-likeness (QED) is 0.918. The van der Waals surface area contributed by atoms with Gasteiger partial charge in [-0.2, -0.15) is 0 Å². The fourth-order valence-electron chi connectivity index (χ4n) is 3.29. The van der Waals surface area contributed by atoms with Crippen LogP contribution in [0.4, 0.5) is 0 Å². The van der Waals surface area contributed by atoms with Crippen LogP contribution >= 0.6 is 0 Å². The van der Waals surface area contributed by atoms with Gasteiger partial charge in [-0.15, -0.1) is 0 Å². The monoisotopic (exact) mass is 287 g/mol. The number of carbonyl (C=O) groups excluding carboxylic acids is 1.